The molecule has 1 amide bonds. The fourth-order valence-corrected chi connectivity index (χ4v) is 5.28. The third kappa shape index (κ3) is 5.24. The van der Waals surface area contributed by atoms with Gasteiger partial charge in [0.2, 0.25) is 15.9 Å². The molecule has 168 valence electrons. The number of hydrogen-bond acceptors (Lipinski definition) is 5. The van der Waals surface area contributed by atoms with E-state index in [0.29, 0.717) is 25.3 Å². The highest BCUT2D eigenvalue weighted by Gasteiger charge is 2.26. The van der Waals surface area contributed by atoms with Crippen LogP contribution in [0.15, 0.2) is 71.9 Å². The first kappa shape index (κ1) is 22.2. The lowest BCUT2D eigenvalue weighted by Gasteiger charge is -2.17. The summed E-state index contributed by atoms with van der Waals surface area (Å²) in [6.45, 7) is 1.91. The standard InChI is InChI=1S/C23H27N5O3S/c1-26(16-19-15-24-28(17-19)21-7-3-2-4-8-21)18-23(29)25-20-9-11-22(12-10-20)32(30,31)27-13-5-6-14-27/h2-4,7-12,15,17H,5-6,13-14,16,18H2,1H3,(H,25,29). The minimum Gasteiger partial charge on any atom is -0.325 e. The van der Waals surface area contributed by atoms with Crippen molar-refractivity contribution in [3.05, 3.63) is 72.6 Å². The van der Waals surface area contributed by atoms with Crippen molar-refractivity contribution >= 4 is 21.6 Å². The molecule has 0 saturated carbocycles. The number of likely N-dealkylation sites (N-methyl/N-ethyl adjacent to an activating group) is 1. The van der Waals surface area contributed by atoms with Crippen molar-refractivity contribution in [2.75, 3.05) is 32.0 Å². The van der Waals surface area contributed by atoms with E-state index in [-0.39, 0.29) is 17.3 Å². The van der Waals surface area contributed by atoms with Crippen LogP contribution in [-0.2, 0) is 21.4 Å². The van der Waals surface area contributed by atoms with Crippen molar-refractivity contribution < 1.29 is 13.2 Å². The normalized spacial score (nSPS) is 14.7. The summed E-state index contributed by atoms with van der Waals surface area (Å²) in [5, 5.41) is 7.21. The number of carbonyl (C=O) groups excluding carboxylic acids is 1. The van der Waals surface area contributed by atoms with Crippen molar-refractivity contribution in [2.24, 2.45) is 0 Å². The summed E-state index contributed by atoms with van der Waals surface area (Å²) in [6.07, 6.45) is 5.53. The largest absolute Gasteiger partial charge is 0.325 e. The zero-order valence-corrected chi connectivity index (χ0v) is 18.8. The Morgan fingerprint density at radius 3 is 2.44 bits per heavy atom. The number of hydrogen-bond donors (Lipinski definition) is 1. The van der Waals surface area contributed by atoms with Gasteiger partial charge in [0, 0.05) is 37.1 Å². The second-order valence-corrected chi connectivity index (χ2v) is 9.92. The van der Waals surface area contributed by atoms with E-state index in [0.717, 1.165) is 24.1 Å². The van der Waals surface area contributed by atoms with Gasteiger partial charge in [-0.05, 0) is 56.3 Å². The van der Waals surface area contributed by atoms with E-state index < -0.39 is 10.0 Å². The van der Waals surface area contributed by atoms with E-state index >= 15 is 0 Å². The molecular weight excluding hydrogens is 426 g/mol. The Balaban J connectivity index is 1.30. The summed E-state index contributed by atoms with van der Waals surface area (Å²) in [4.78, 5) is 14.6. The summed E-state index contributed by atoms with van der Waals surface area (Å²) >= 11 is 0. The van der Waals surface area contributed by atoms with E-state index in [9.17, 15) is 13.2 Å². The van der Waals surface area contributed by atoms with Gasteiger partial charge in [0.15, 0.2) is 0 Å². The molecule has 1 aliphatic rings. The van der Waals surface area contributed by atoms with Crippen molar-refractivity contribution in [3.8, 4) is 5.69 Å². The van der Waals surface area contributed by atoms with Gasteiger partial charge < -0.3 is 5.32 Å². The molecule has 1 saturated heterocycles. The number of benzene rings is 2. The van der Waals surface area contributed by atoms with Crippen molar-refractivity contribution in [1.82, 2.24) is 19.0 Å². The monoisotopic (exact) mass is 453 g/mol. The summed E-state index contributed by atoms with van der Waals surface area (Å²) in [7, 11) is -1.58. The quantitative estimate of drug-likeness (QED) is 0.567. The van der Waals surface area contributed by atoms with E-state index in [1.54, 1.807) is 35.1 Å². The number of nitrogens with zero attached hydrogens (tertiary/aromatic N) is 4. The van der Waals surface area contributed by atoms with Crippen LogP contribution in [0, 0.1) is 0 Å². The highest BCUT2D eigenvalue weighted by atomic mass is 32.2. The molecule has 0 atom stereocenters. The Hall–Kier alpha value is -3.01. The zero-order chi connectivity index (χ0) is 22.6. The molecule has 1 aromatic heterocycles. The van der Waals surface area contributed by atoms with Gasteiger partial charge in [-0.25, -0.2) is 13.1 Å². The summed E-state index contributed by atoms with van der Waals surface area (Å²) in [5.41, 5.74) is 2.55. The average molecular weight is 454 g/mol. The molecule has 9 heteroatoms. The molecular formula is C23H27N5O3S. The number of sulfonamides is 1. The van der Waals surface area contributed by atoms with E-state index in [1.165, 1.54) is 4.31 Å². The van der Waals surface area contributed by atoms with Crippen LogP contribution in [-0.4, -0.2) is 60.0 Å². The number of carbonyl (C=O) groups is 1. The highest BCUT2D eigenvalue weighted by Crippen LogP contribution is 2.22. The van der Waals surface area contributed by atoms with E-state index in [1.807, 2.05) is 48.5 Å². The Kier molecular flexibility index (Phi) is 6.69. The van der Waals surface area contributed by atoms with Gasteiger partial charge in [0.05, 0.1) is 23.3 Å². The summed E-state index contributed by atoms with van der Waals surface area (Å²) in [6, 6.07) is 16.2. The lowest BCUT2D eigenvalue weighted by molar-refractivity contribution is -0.117. The molecule has 1 aliphatic heterocycles. The van der Waals surface area contributed by atoms with Crippen LogP contribution >= 0.6 is 0 Å². The molecule has 3 aromatic rings. The number of para-hydroxylation sites is 1. The summed E-state index contributed by atoms with van der Waals surface area (Å²) in [5.74, 6) is -0.168. The van der Waals surface area contributed by atoms with E-state index in [2.05, 4.69) is 10.4 Å². The number of anilines is 1. The number of nitrogens with one attached hydrogen (secondary N) is 1. The maximum Gasteiger partial charge on any atom is 0.243 e. The maximum absolute atomic E-state index is 12.6. The minimum atomic E-state index is -3.45. The molecule has 8 nitrogen and oxygen atoms in total. The number of rotatable bonds is 8. The lowest BCUT2D eigenvalue weighted by atomic mass is 10.3. The molecule has 1 N–H and O–H groups in total. The van der Waals surface area contributed by atoms with Crippen LogP contribution in [0.5, 0.6) is 0 Å². The van der Waals surface area contributed by atoms with Gasteiger partial charge in [-0.2, -0.15) is 9.40 Å². The van der Waals surface area contributed by atoms with Gasteiger partial charge in [-0.15, -0.1) is 0 Å². The predicted molar refractivity (Wildman–Crippen MR) is 123 cm³/mol. The van der Waals surface area contributed by atoms with Gasteiger partial charge in [-0.3, -0.25) is 9.69 Å². The molecule has 2 heterocycles. The Labute approximate surface area is 188 Å². The third-order valence-corrected chi connectivity index (χ3v) is 7.28. The molecule has 1 fully saturated rings. The van der Waals surface area contributed by atoms with E-state index in [4.69, 9.17) is 0 Å². The second kappa shape index (κ2) is 9.64. The van der Waals surface area contributed by atoms with Gasteiger partial charge in [-0.1, -0.05) is 18.2 Å². The molecule has 4 rings (SSSR count). The van der Waals surface area contributed by atoms with Crippen molar-refractivity contribution in [2.45, 2.75) is 24.3 Å². The molecule has 0 spiro atoms. The van der Waals surface area contributed by atoms with Crippen LogP contribution < -0.4 is 5.32 Å². The predicted octanol–water partition coefficient (Wildman–Crippen LogP) is 2.73. The van der Waals surface area contributed by atoms with Crippen LogP contribution in [0.25, 0.3) is 5.69 Å². The summed E-state index contributed by atoms with van der Waals surface area (Å²) < 4.78 is 28.5. The molecule has 2 aromatic carbocycles. The Bertz CT molecular complexity index is 1150. The molecule has 32 heavy (non-hydrogen) atoms. The maximum atomic E-state index is 12.6. The molecule has 0 radical (unpaired) electrons. The van der Waals surface area contributed by atoms with Crippen LogP contribution in [0.3, 0.4) is 0 Å². The van der Waals surface area contributed by atoms with Gasteiger partial charge >= 0.3 is 0 Å². The van der Waals surface area contributed by atoms with Gasteiger partial charge in [0.1, 0.15) is 0 Å². The number of amides is 1. The first-order valence-corrected chi connectivity index (χ1v) is 12.0. The molecule has 0 aliphatic carbocycles. The van der Waals surface area contributed by atoms with Crippen molar-refractivity contribution in [3.63, 3.8) is 0 Å². The van der Waals surface area contributed by atoms with Crippen LogP contribution in [0.4, 0.5) is 5.69 Å². The fourth-order valence-electron chi connectivity index (χ4n) is 3.76. The average Bonchev–Trinajstić information content (AvgIpc) is 3.47. The topological polar surface area (TPSA) is 87.5 Å². The smallest absolute Gasteiger partial charge is 0.243 e. The molecule has 0 unspecified atom stereocenters. The third-order valence-electron chi connectivity index (χ3n) is 5.36. The number of aromatic nitrogens is 2. The van der Waals surface area contributed by atoms with Gasteiger partial charge in [0.25, 0.3) is 0 Å². The van der Waals surface area contributed by atoms with Crippen LogP contribution in [0.2, 0.25) is 0 Å². The minimum absolute atomic E-state index is 0.168. The second-order valence-electron chi connectivity index (χ2n) is 7.98. The van der Waals surface area contributed by atoms with Crippen molar-refractivity contribution in [1.29, 1.82) is 0 Å². The Morgan fingerprint density at radius 2 is 1.75 bits per heavy atom. The first-order valence-electron chi connectivity index (χ1n) is 10.6. The van der Waals surface area contributed by atoms with Crippen LogP contribution in [0.1, 0.15) is 18.4 Å². The SMILES string of the molecule is CN(CC(=O)Nc1ccc(S(=O)(=O)N2CCCC2)cc1)Cc1cnn(-c2ccccc2)c1. The lowest BCUT2D eigenvalue weighted by Crippen LogP contribution is -2.30. The Morgan fingerprint density at radius 1 is 1.06 bits per heavy atom. The zero-order valence-electron chi connectivity index (χ0n) is 18.0. The first-order chi connectivity index (χ1) is 15.4. The highest BCUT2D eigenvalue weighted by molar-refractivity contribution is 7.89. The fraction of sp³-hybridized carbons (Fsp3) is 0.304. The molecule has 0 bridgehead atoms.